The predicted octanol–water partition coefficient (Wildman–Crippen LogP) is -6.82. The van der Waals surface area contributed by atoms with Crippen LogP contribution in [0.2, 0.25) is 0 Å². The van der Waals surface area contributed by atoms with E-state index >= 15 is 0 Å². The van der Waals surface area contributed by atoms with Crippen molar-refractivity contribution in [3.8, 4) is 0 Å². The van der Waals surface area contributed by atoms with E-state index in [2.05, 4.69) is 0 Å². The fourth-order valence-electron chi connectivity index (χ4n) is 0. The van der Waals surface area contributed by atoms with E-state index in [-0.39, 0.29) is 106 Å². The summed E-state index contributed by atoms with van der Waals surface area (Å²) in [6.45, 7) is 0. The van der Waals surface area contributed by atoms with Crippen LogP contribution >= 0.6 is 0 Å². The molecule has 0 aliphatic carbocycles. The molecule has 0 bridgehead atoms. The summed E-state index contributed by atoms with van der Waals surface area (Å²) in [7, 11) is 0. The monoisotopic (exact) mass is 564 g/mol. The van der Waals surface area contributed by atoms with Gasteiger partial charge in [-0.3, -0.25) is 0 Å². The molecule has 0 saturated carbocycles. The normalized spacial score (nSPS) is 1.33. The SMILES string of the molecule is [GeH2].[GeH2].[GeH2].[GeH2].[GeH2].[GeH3].[O]=[Ge][OH]. The summed E-state index contributed by atoms with van der Waals surface area (Å²) < 4.78 is 15.8. The second-order valence-corrected chi connectivity index (χ2v) is 0.474. The molecule has 0 atom stereocenters. The zero-order valence-electron chi connectivity index (χ0n) is 5.89. The van der Waals surface area contributed by atoms with Crippen LogP contribution in [-0.2, 0) is 3.78 Å². The molecule has 0 saturated heterocycles. The molecule has 54 valence electrons. The van der Waals surface area contributed by atoms with Crippen LogP contribution in [0.5, 0.6) is 0 Å². The molecule has 0 fully saturated rings. The van der Waals surface area contributed by atoms with Gasteiger partial charge >= 0.3 is 129 Å². The molecule has 0 spiro atoms. The summed E-state index contributed by atoms with van der Waals surface area (Å²) in [4.78, 5) is 0. The summed E-state index contributed by atoms with van der Waals surface area (Å²) in [5.74, 6) is 0. The number of rotatable bonds is 0. The van der Waals surface area contributed by atoms with Gasteiger partial charge in [-0.2, -0.15) is 0 Å². The fourth-order valence-corrected chi connectivity index (χ4v) is 0. The van der Waals surface area contributed by atoms with Crippen LogP contribution in [0, 0.1) is 0 Å². The molecule has 9 heteroatoms. The van der Waals surface area contributed by atoms with Gasteiger partial charge in [0.05, 0.1) is 0 Å². The van der Waals surface area contributed by atoms with Gasteiger partial charge in [0.1, 0.15) is 0 Å². The summed E-state index contributed by atoms with van der Waals surface area (Å²) in [6, 6.07) is 0. The first-order chi connectivity index (χ1) is 1.41. The van der Waals surface area contributed by atoms with Crippen LogP contribution in [0.3, 0.4) is 0 Å². The number of hydrogen-bond donors (Lipinski definition) is 1. The predicted molar refractivity (Wildman–Crippen MR) is 61.3 cm³/mol. The van der Waals surface area contributed by atoms with Crippen molar-refractivity contribution in [2.45, 2.75) is 0 Å². The first kappa shape index (κ1) is 55.3. The Morgan fingerprint density at radius 3 is 0.889 bits per heavy atom. The van der Waals surface area contributed by atoms with E-state index in [0.29, 0.717) is 0 Å². The first-order valence-corrected chi connectivity index (χ1v) is 2.22. The Morgan fingerprint density at radius 2 is 0.889 bits per heavy atom. The van der Waals surface area contributed by atoms with Gasteiger partial charge in [0.2, 0.25) is 0 Å². The van der Waals surface area contributed by atoms with E-state index in [0.717, 1.165) is 0 Å². The van der Waals surface area contributed by atoms with Crippen molar-refractivity contribution >= 4 is 121 Å². The quantitative estimate of drug-likeness (QED) is 0.303. The Morgan fingerprint density at radius 1 is 0.889 bits per heavy atom. The topological polar surface area (TPSA) is 37.3 Å². The van der Waals surface area contributed by atoms with Crippen LogP contribution in [-0.4, -0.2) is 125 Å². The molecule has 1 N–H and O–H groups in total. The molecular weight excluding hydrogens is 540 g/mol. The van der Waals surface area contributed by atoms with Gasteiger partial charge in [-0.25, -0.2) is 0 Å². The summed E-state index contributed by atoms with van der Waals surface area (Å²) in [5, 5.41) is 0. The third-order valence-electron chi connectivity index (χ3n) is 0. The molecule has 0 amide bonds. The average molecular weight is 554 g/mol. The van der Waals surface area contributed by atoms with Crippen LogP contribution in [0.1, 0.15) is 0 Å². The van der Waals surface area contributed by atoms with Crippen molar-refractivity contribution in [3.63, 3.8) is 0 Å². The molecule has 0 aliphatic heterocycles. The van der Waals surface area contributed by atoms with E-state index < -0.39 is 15.7 Å². The molecule has 0 aromatic heterocycles. The van der Waals surface area contributed by atoms with Gasteiger partial charge in [-0.15, -0.1) is 0 Å². The Kier molecular flexibility index (Phi) is 391. The summed E-state index contributed by atoms with van der Waals surface area (Å²) in [6.07, 6.45) is 0. The molecule has 2 nitrogen and oxygen atoms in total. The van der Waals surface area contributed by atoms with Crippen molar-refractivity contribution in [1.29, 1.82) is 0 Å². The van der Waals surface area contributed by atoms with Crippen LogP contribution < -0.4 is 0 Å². The maximum atomic E-state index is 8.61. The molecule has 0 unspecified atom stereocenters. The zero-order valence-corrected chi connectivity index (χ0v) is 27.0. The van der Waals surface area contributed by atoms with E-state index in [1.807, 2.05) is 0 Å². The van der Waals surface area contributed by atoms with Gasteiger partial charge in [0.25, 0.3) is 0 Å². The minimum absolute atomic E-state index is 0. The van der Waals surface area contributed by atoms with E-state index in [9.17, 15) is 0 Å². The molecule has 0 aliphatic rings. The van der Waals surface area contributed by atoms with Crippen molar-refractivity contribution in [2.75, 3.05) is 0 Å². The zero-order chi connectivity index (χ0) is 2.71. The van der Waals surface area contributed by atoms with Crippen molar-refractivity contribution in [1.82, 2.24) is 0 Å². The Labute approximate surface area is 127 Å². The molecule has 12 radical (unpaired) electrons. The van der Waals surface area contributed by atoms with Crippen molar-refractivity contribution in [3.05, 3.63) is 0 Å². The summed E-state index contributed by atoms with van der Waals surface area (Å²) >= 11 is -1.75. The molecule has 9 heavy (non-hydrogen) atoms. The molecule has 0 aromatic carbocycles. The Balaban J connectivity index is -0.00000000133. The molecule has 0 aromatic rings. The number of hydrogen-bond acceptors (Lipinski definition) is 1. The molecule has 0 rings (SSSR count). The second kappa shape index (κ2) is 63.7. The molecule has 0 heterocycles. The van der Waals surface area contributed by atoms with Crippen LogP contribution in [0.25, 0.3) is 0 Å². The maximum absolute atomic E-state index is 8.61. The van der Waals surface area contributed by atoms with Crippen LogP contribution in [0.4, 0.5) is 0 Å². The average Bonchev–Trinajstić information content (AvgIpc) is 0.918. The third kappa shape index (κ3) is 87.1. The third-order valence-corrected chi connectivity index (χ3v) is 0. The standard InChI is InChI=1S/GeHO2.GeH3.5GeH2/c2-1-3;;;;;;/h2H;1H3;5*1H2. The second-order valence-electron chi connectivity index (χ2n) is 0.0913. The van der Waals surface area contributed by atoms with Gasteiger partial charge in [0.15, 0.2) is 0 Å². The molecular formula is H14Ge7O2. The van der Waals surface area contributed by atoms with Gasteiger partial charge in [-0.1, -0.05) is 0 Å². The van der Waals surface area contributed by atoms with Gasteiger partial charge in [0, 0.05) is 0 Å². The minimum atomic E-state index is -1.75. The van der Waals surface area contributed by atoms with Crippen LogP contribution in [0.15, 0.2) is 0 Å². The van der Waals surface area contributed by atoms with Gasteiger partial charge in [-0.05, 0) is 0 Å². The van der Waals surface area contributed by atoms with E-state index in [4.69, 9.17) is 7.91 Å². The fraction of sp³-hybridized carbons (Fsp3) is 0. The van der Waals surface area contributed by atoms with E-state index in [1.54, 1.807) is 0 Å². The van der Waals surface area contributed by atoms with E-state index in [1.165, 1.54) is 0 Å². The first-order valence-electron chi connectivity index (χ1n) is 0.428. The van der Waals surface area contributed by atoms with Crippen molar-refractivity contribution in [2.24, 2.45) is 0 Å². The Hall–Kier alpha value is 3.40. The Bertz CT molecular complexity index is 14.4. The van der Waals surface area contributed by atoms with Crippen molar-refractivity contribution < 1.29 is 7.91 Å². The summed E-state index contributed by atoms with van der Waals surface area (Å²) in [5.41, 5.74) is 0. The van der Waals surface area contributed by atoms with Gasteiger partial charge < -0.3 is 0 Å².